The van der Waals surface area contributed by atoms with Crippen LogP contribution < -0.4 is 10.1 Å². The first-order chi connectivity index (χ1) is 10.7. The van der Waals surface area contributed by atoms with Gasteiger partial charge in [-0.3, -0.25) is 4.79 Å². The molecule has 2 aromatic rings. The number of thiophene rings is 1. The van der Waals surface area contributed by atoms with E-state index in [9.17, 15) is 4.79 Å². The molecule has 0 aromatic carbocycles. The summed E-state index contributed by atoms with van der Waals surface area (Å²) in [5.74, 6) is 1.64. The number of nitrogens with zero attached hydrogens (tertiary/aromatic N) is 1. The number of pyridine rings is 1. The molecular weight excluding hydrogens is 316 g/mol. The molecule has 0 radical (unpaired) electrons. The van der Waals surface area contributed by atoms with Crippen molar-refractivity contribution in [3.63, 3.8) is 0 Å². The summed E-state index contributed by atoms with van der Waals surface area (Å²) in [5.41, 5.74) is 2.97. The van der Waals surface area contributed by atoms with E-state index in [2.05, 4.69) is 21.7 Å². The Bertz CT molecular complexity index is 685. The first-order valence-corrected chi connectivity index (χ1v) is 9.08. The zero-order valence-electron chi connectivity index (χ0n) is 12.6. The zero-order chi connectivity index (χ0) is 15.5. The summed E-state index contributed by atoms with van der Waals surface area (Å²) in [6.07, 6.45) is 1.07. The van der Waals surface area contributed by atoms with E-state index >= 15 is 0 Å². The van der Waals surface area contributed by atoms with Crippen LogP contribution in [0.15, 0.2) is 23.6 Å². The van der Waals surface area contributed by atoms with Crippen LogP contribution in [0.4, 0.5) is 0 Å². The Kier molecular flexibility index (Phi) is 4.69. The fourth-order valence-corrected chi connectivity index (χ4v) is 4.83. The molecule has 3 heterocycles. The molecule has 0 saturated heterocycles. The lowest BCUT2D eigenvalue weighted by Gasteiger charge is -2.21. The zero-order valence-corrected chi connectivity index (χ0v) is 14.2. The molecule has 1 amide bonds. The Labute approximate surface area is 138 Å². The number of amides is 1. The maximum absolute atomic E-state index is 12.5. The summed E-state index contributed by atoms with van der Waals surface area (Å²) in [6, 6.07) is 5.95. The van der Waals surface area contributed by atoms with Crippen molar-refractivity contribution < 1.29 is 9.53 Å². The number of nitrogens with one attached hydrogen (secondary N) is 1. The van der Waals surface area contributed by atoms with Gasteiger partial charge in [-0.25, -0.2) is 4.98 Å². The smallest absolute Gasteiger partial charge is 0.237 e. The Morgan fingerprint density at radius 3 is 3.14 bits per heavy atom. The highest BCUT2D eigenvalue weighted by Crippen LogP contribution is 2.39. The third kappa shape index (κ3) is 3.13. The molecule has 0 bridgehead atoms. The predicted molar refractivity (Wildman–Crippen MR) is 90.6 cm³/mol. The minimum absolute atomic E-state index is 0.0620. The topological polar surface area (TPSA) is 51.2 Å². The summed E-state index contributed by atoms with van der Waals surface area (Å²) >= 11 is 3.46. The molecule has 1 N–H and O–H groups in total. The van der Waals surface area contributed by atoms with E-state index in [1.165, 1.54) is 10.4 Å². The summed E-state index contributed by atoms with van der Waals surface area (Å²) < 4.78 is 5.28. The van der Waals surface area contributed by atoms with Crippen LogP contribution in [0.3, 0.4) is 0 Å². The van der Waals surface area contributed by atoms with Crippen LogP contribution in [0.1, 0.15) is 26.9 Å². The number of aryl methyl sites for hydroxylation is 2. The number of carbonyl (C=O) groups is 1. The molecule has 0 unspecified atom stereocenters. The molecule has 1 aliphatic heterocycles. The van der Waals surface area contributed by atoms with Crippen LogP contribution in [0, 0.1) is 6.92 Å². The third-order valence-electron chi connectivity index (χ3n) is 3.64. The van der Waals surface area contributed by atoms with Crippen molar-refractivity contribution in [2.45, 2.75) is 25.1 Å². The molecule has 116 valence electrons. The molecule has 6 heteroatoms. The monoisotopic (exact) mass is 334 g/mol. The van der Waals surface area contributed by atoms with Gasteiger partial charge >= 0.3 is 0 Å². The first-order valence-electron chi connectivity index (χ1n) is 7.15. The van der Waals surface area contributed by atoms with Crippen molar-refractivity contribution in [2.24, 2.45) is 0 Å². The van der Waals surface area contributed by atoms with E-state index in [4.69, 9.17) is 4.74 Å². The van der Waals surface area contributed by atoms with Gasteiger partial charge in [-0.1, -0.05) is 6.07 Å². The molecule has 0 fully saturated rings. The molecule has 1 atom stereocenters. The van der Waals surface area contributed by atoms with Gasteiger partial charge in [0.25, 0.3) is 0 Å². The molecule has 1 aliphatic rings. The van der Waals surface area contributed by atoms with E-state index < -0.39 is 0 Å². The van der Waals surface area contributed by atoms with E-state index in [0.29, 0.717) is 12.4 Å². The number of rotatable bonds is 4. The van der Waals surface area contributed by atoms with Gasteiger partial charge in [0.05, 0.1) is 7.11 Å². The summed E-state index contributed by atoms with van der Waals surface area (Å²) in [7, 11) is 1.60. The van der Waals surface area contributed by atoms with Gasteiger partial charge in [-0.05, 0) is 42.2 Å². The van der Waals surface area contributed by atoms with Gasteiger partial charge in [0.15, 0.2) is 0 Å². The van der Waals surface area contributed by atoms with Crippen molar-refractivity contribution in [3.8, 4) is 5.88 Å². The van der Waals surface area contributed by atoms with Crippen molar-refractivity contribution in [2.75, 3.05) is 12.9 Å². The fraction of sp³-hybridized carbons (Fsp3) is 0.375. The molecule has 0 saturated carbocycles. The van der Waals surface area contributed by atoms with Crippen molar-refractivity contribution in [1.82, 2.24) is 10.3 Å². The van der Waals surface area contributed by atoms with E-state index in [0.717, 1.165) is 23.4 Å². The summed E-state index contributed by atoms with van der Waals surface area (Å²) in [5, 5.41) is 4.99. The average molecular weight is 334 g/mol. The summed E-state index contributed by atoms with van der Waals surface area (Å²) in [6.45, 7) is 2.35. The lowest BCUT2D eigenvalue weighted by atomic mass is 10.1. The van der Waals surface area contributed by atoms with Crippen LogP contribution in [-0.4, -0.2) is 23.8 Å². The summed E-state index contributed by atoms with van der Waals surface area (Å²) in [4.78, 5) is 18.2. The number of hydrogen-bond donors (Lipinski definition) is 1. The molecule has 0 aliphatic carbocycles. The van der Waals surface area contributed by atoms with Crippen LogP contribution in [0.25, 0.3) is 0 Å². The highest BCUT2D eigenvalue weighted by Gasteiger charge is 2.27. The maximum Gasteiger partial charge on any atom is 0.237 e. The normalized spacial score (nSPS) is 16.9. The first kappa shape index (κ1) is 15.4. The largest absolute Gasteiger partial charge is 0.481 e. The van der Waals surface area contributed by atoms with Gasteiger partial charge in [0.1, 0.15) is 5.25 Å². The lowest BCUT2D eigenvalue weighted by molar-refractivity contribution is -0.120. The molecule has 22 heavy (non-hydrogen) atoms. The molecule has 0 spiro atoms. The standard InChI is InChI=1S/C16H18N2O2S2/c1-10-3-4-11(16(18-10)20-2)9-17-15(19)14-12-5-7-21-13(12)6-8-22-14/h3-5,7,14H,6,8-9H2,1-2H3,(H,17,19)/t14-/m1/s1. The molecule has 2 aromatic heterocycles. The van der Waals surface area contributed by atoms with E-state index in [1.807, 2.05) is 19.1 Å². The maximum atomic E-state index is 12.5. The number of hydrogen-bond acceptors (Lipinski definition) is 5. The van der Waals surface area contributed by atoms with Gasteiger partial charge in [-0.2, -0.15) is 0 Å². The Morgan fingerprint density at radius 2 is 2.32 bits per heavy atom. The number of aromatic nitrogens is 1. The van der Waals surface area contributed by atoms with Gasteiger partial charge in [0, 0.05) is 22.7 Å². The second-order valence-corrected chi connectivity index (χ2v) is 7.35. The Morgan fingerprint density at radius 1 is 1.45 bits per heavy atom. The second-order valence-electron chi connectivity index (χ2n) is 5.14. The molecular formula is C16H18N2O2S2. The van der Waals surface area contributed by atoms with Crippen LogP contribution in [0.2, 0.25) is 0 Å². The molecule has 4 nitrogen and oxygen atoms in total. The number of methoxy groups -OCH3 is 1. The minimum atomic E-state index is -0.0978. The Balaban J connectivity index is 1.69. The highest BCUT2D eigenvalue weighted by molar-refractivity contribution is 8.00. The van der Waals surface area contributed by atoms with Crippen molar-refractivity contribution in [3.05, 3.63) is 45.3 Å². The fourth-order valence-electron chi connectivity index (χ4n) is 2.51. The number of carbonyl (C=O) groups excluding carboxylic acids is 1. The van der Waals surface area contributed by atoms with E-state index in [-0.39, 0.29) is 11.2 Å². The minimum Gasteiger partial charge on any atom is -0.481 e. The van der Waals surface area contributed by atoms with Crippen LogP contribution in [0.5, 0.6) is 5.88 Å². The highest BCUT2D eigenvalue weighted by atomic mass is 32.2. The SMILES string of the molecule is COc1nc(C)ccc1CNC(=O)[C@@H]1SCCc2sccc21. The number of fused-ring (bicyclic) bond motifs is 1. The van der Waals surface area contributed by atoms with Crippen LogP contribution in [-0.2, 0) is 17.8 Å². The van der Waals surface area contributed by atoms with Crippen molar-refractivity contribution >= 4 is 29.0 Å². The number of thioether (sulfide) groups is 1. The quantitative estimate of drug-likeness (QED) is 0.933. The van der Waals surface area contributed by atoms with Gasteiger partial charge < -0.3 is 10.1 Å². The van der Waals surface area contributed by atoms with Gasteiger partial charge in [0.2, 0.25) is 11.8 Å². The average Bonchev–Trinajstić information content (AvgIpc) is 3.01. The van der Waals surface area contributed by atoms with Gasteiger partial charge in [-0.15, -0.1) is 23.1 Å². The van der Waals surface area contributed by atoms with E-state index in [1.54, 1.807) is 30.2 Å². The second kappa shape index (κ2) is 6.71. The lowest BCUT2D eigenvalue weighted by Crippen LogP contribution is -2.29. The van der Waals surface area contributed by atoms with Crippen LogP contribution >= 0.6 is 23.1 Å². The third-order valence-corrected chi connectivity index (χ3v) is 5.88. The van der Waals surface area contributed by atoms with Crippen molar-refractivity contribution in [1.29, 1.82) is 0 Å². The predicted octanol–water partition coefficient (Wildman–Crippen LogP) is 3.11. The Hall–Kier alpha value is -1.53. The molecule has 3 rings (SSSR count). The number of ether oxygens (including phenoxy) is 1.